The van der Waals surface area contributed by atoms with Crippen molar-refractivity contribution in [1.82, 2.24) is 19.9 Å². The minimum absolute atomic E-state index is 0. The van der Waals surface area contributed by atoms with Crippen LogP contribution in [0.15, 0.2) is 48.5 Å². The first kappa shape index (κ1) is 27.3. The maximum Gasteiger partial charge on any atom is 0.303 e. The minimum Gasteiger partial charge on any atom is -0.481 e. The zero-order valence-electron chi connectivity index (χ0n) is 19.3. The molecular weight excluding hydrogens is 488 g/mol. The molecule has 5 rings (SSSR count). The normalized spacial score (nSPS) is 10.8. The van der Waals surface area contributed by atoms with Gasteiger partial charge in [-0.3, -0.25) is 9.59 Å². The summed E-state index contributed by atoms with van der Waals surface area (Å²) < 4.78 is 0. The van der Waals surface area contributed by atoms with Crippen LogP contribution in [0, 0.1) is 0 Å². The van der Waals surface area contributed by atoms with Gasteiger partial charge in [-0.25, -0.2) is 9.97 Å². The van der Waals surface area contributed by atoms with Gasteiger partial charge in [0, 0.05) is 52.0 Å². The molecule has 3 aromatic rings. The van der Waals surface area contributed by atoms with Crippen molar-refractivity contribution < 1.29 is 36.9 Å². The summed E-state index contributed by atoms with van der Waals surface area (Å²) in [5, 5.41) is 15.4. The maximum absolute atomic E-state index is 9.37. The average Bonchev–Trinajstić information content (AvgIpc) is 3.60. The van der Waals surface area contributed by atoms with Gasteiger partial charge in [0.15, 0.2) is 0 Å². The van der Waals surface area contributed by atoms with E-state index in [1.165, 1.54) is 0 Å². The van der Waals surface area contributed by atoms with Crippen LogP contribution in [0.2, 0.25) is 0 Å². The molecule has 0 radical (unpaired) electrons. The maximum atomic E-state index is 9.37. The number of carboxylic acids is 2. The number of aliphatic carboxylic acids is 2. The Bertz CT molecular complexity index is 1300. The molecular formula is C26H26FeN4O4. The van der Waals surface area contributed by atoms with Crippen LogP contribution in [-0.4, -0.2) is 42.1 Å². The van der Waals surface area contributed by atoms with Gasteiger partial charge in [0.1, 0.15) is 0 Å². The van der Waals surface area contributed by atoms with Crippen molar-refractivity contribution in [2.45, 2.75) is 26.7 Å². The molecule has 0 aliphatic carbocycles. The molecule has 2 aliphatic heterocycles. The topological polar surface area (TPSA) is 132 Å². The van der Waals surface area contributed by atoms with Crippen molar-refractivity contribution >= 4 is 58.3 Å². The first-order chi connectivity index (χ1) is 16.3. The molecule has 3 aromatic heterocycles. The molecule has 0 fully saturated rings. The predicted octanol–water partition coefficient (Wildman–Crippen LogP) is 5.62. The van der Waals surface area contributed by atoms with Crippen LogP contribution in [0.3, 0.4) is 0 Å². The van der Waals surface area contributed by atoms with Crippen molar-refractivity contribution in [3.8, 4) is 0 Å². The molecule has 0 saturated heterocycles. The second kappa shape index (κ2) is 13.1. The van der Waals surface area contributed by atoms with Gasteiger partial charge in [-0.05, 0) is 72.8 Å². The van der Waals surface area contributed by atoms with E-state index in [1.54, 1.807) is 13.8 Å². The molecule has 0 saturated carbocycles. The summed E-state index contributed by atoms with van der Waals surface area (Å²) in [6.45, 7) is 3.20. The number of fused-ring (bicyclic) bond motifs is 8. The van der Waals surface area contributed by atoms with Crippen molar-refractivity contribution in [3.63, 3.8) is 0 Å². The SMILES string of the molecule is C1=Cc2cc3ccc(cc4ccc(cc5nc(cc1n2)C=C5)[nH]4)[nH]3.CCC(=O)O.CCC(=O)O.[Fe]. The Balaban J connectivity index is 0.000000337. The van der Waals surface area contributed by atoms with E-state index in [9.17, 15) is 9.59 Å². The van der Waals surface area contributed by atoms with Gasteiger partial charge < -0.3 is 20.2 Å². The van der Waals surface area contributed by atoms with Gasteiger partial charge in [0.2, 0.25) is 0 Å². The minimum atomic E-state index is -0.745. The van der Waals surface area contributed by atoms with E-state index in [1.807, 2.05) is 42.5 Å². The van der Waals surface area contributed by atoms with Gasteiger partial charge in [-0.2, -0.15) is 0 Å². The Morgan fingerprint density at radius 1 is 0.629 bits per heavy atom. The summed E-state index contributed by atoms with van der Waals surface area (Å²) in [7, 11) is 0. The third-order valence-electron chi connectivity index (χ3n) is 4.65. The predicted molar refractivity (Wildman–Crippen MR) is 135 cm³/mol. The molecule has 0 aromatic carbocycles. The second-order valence-corrected chi connectivity index (χ2v) is 7.40. The molecule has 5 heterocycles. The van der Waals surface area contributed by atoms with E-state index < -0.39 is 11.9 Å². The number of aromatic amines is 2. The van der Waals surface area contributed by atoms with Gasteiger partial charge in [0.05, 0.1) is 22.8 Å². The molecule has 8 bridgehead atoms. The number of aromatic nitrogens is 4. The van der Waals surface area contributed by atoms with Crippen LogP contribution in [0.4, 0.5) is 0 Å². The summed E-state index contributed by atoms with van der Waals surface area (Å²) in [6.07, 6.45) is 8.49. The van der Waals surface area contributed by atoms with Crippen LogP contribution in [0.1, 0.15) is 49.5 Å². The van der Waals surface area contributed by atoms with Crippen LogP contribution in [0.25, 0.3) is 46.4 Å². The third-order valence-corrected chi connectivity index (χ3v) is 4.65. The van der Waals surface area contributed by atoms with Gasteiger partial charge in [-0.15, -0.1) is 0 Å². The molecule has 2 aliphatic rings. The van der Waals surface area contributed by atoms with Crippen molar-refractivity contribution in [2.24, 2.45) is 0 Å². The van der Waals surface area contributed by atoms with E-state index in [4.69, 9.17) is 10.2 Å². The second-order valence-electron chi connectivity index (χ2n) is 7.40. The fraction of sp³-hybridized carbons (Fsp3) is 0.154. The van der Waals surface area contributed by atoms with Crippen molar-refractivity contribution in [3.05, 3.63) is 71.3 Å². The molecule has 0 amide bonds. The van der Waals surface area contributed by atoms with E-state index >= 15 is 0 Å². The zero-order chi connectivity index (χ0) is 24.5. The van der Waals surface area contributed by atoms with Crippen molar-refractivity contribution in [2.75, 3.05) is 0 Å². The summed E-state index contributed by atoms with van der Waals surface area (Å²) in [6, 6.07) is 16.4. The number of hydrogen-bond donors (Lipinski definition) is 4. The Morgan fingerprint density at radius 3 is 1.23 bits per heavy atom. The molecule has 9 heteroatoms. The Hall–Kier alpha value is -3.94. The Kier molecular flexibility index (Phi) is 10.2. The molecule has 35 heavy (non-hydrogen) atoms. The van der Waals surface area contributed by atoms with E-state index in [-0.39, 0.29) is 29.9 Å². The number of rotatable bonds is 2. The van der Waals surface area contributed by atoms with E-state index in [2.05, 4.69) is 50.3 Å². The van der Waals surface area contributed by atoms with Gasteiger partial charge in [0.25, 0.3) is 0 Å². The quantitative estimate of drug-likeness (QED) is 0.226. The van der Waals surface area contributed by atoms with Crippen LogP contribution >= 0.6 is 0 Å². The number of carbonyl (C=O) groups is 2. The summed E-state index contributed by atoms with van der Waals surface area (Å²) in [5.74, 6) is -1.49. The number of nitrogens with zero attached hydrogens (tertiary/aromatic N) is 2. The molecule has 4 N–H and O–H groups in total. The third kappa shape index (κ3) is 8.73. The van der Waals surface area contributed by atoms with Crippen LogP contribution in [0.5, 0.6) is 0 Å². The molecule has 182 valence electrons. The smallest absolute Gasteiger partial charge is 0.303 e. The van der Waals surface area contributed by atoms with Crippen LogP contribution < -0.4 is 0 Å². The number of hydrogen-bond acceptors (Lipinski definition) is 4. The van der Waals surface area contributed by atoms with E-state index in [0.29, 0.717) is 0 Å². The Morgan fingerprint density at radius 2 is 0.914 bits per heavy atom. The Labute approximate surface area is 213 Å². The molecule has 0 unspecified atom stereocenters. The number of nitrogens with one attached hydrogen (secondary N) is 2. The first-order valence-corrected chi connectivity index (χ1v) is 10.8. The van der Waals surface area contributed by atoms with Crippen molar-refractivity contribution in [1.29, 1.82) is 0 Å². The largest absolute Gasteiger partial charge is 0.481 e. The summed E-state index contributed by atoms with van der Waals surface area (Å²) in [4.78, 5) is 34.8. The number of H-pyrrole nitrogens is 2. The monoisotopic (exact) mass is 514 g/mol. The number of carboxylic acid groups (broad SMARTS) is 2. The van der Waals surface area contributed by atoms with Gasteiger partial charge in [-0.1, -0.05) is 13.8 Å². The molecule has 0 spiro atoms. The summed E-state index contributed by atoms with van der Waals surface area (Å²) in [5.41, 5.74) is 7.86. The molecule has 0 atom stereocenters. The average molecular weight is 514 g/mol. The van der Waals surface area contributed by atoms with Gasteiger partial charge >= 0.3 is 11.9 Å². The van der Waals surface area contributed by atoms with E-state index in [0.717, 1.165) is 44.8 Å². The standard InChI is InChI=1S/C20H14N4.2C3H6O2.Fe/c1-2-14-10-16-5-6-18(23-16)12-20-8-7-19(24-20)11-17-4-3-15(22-17)9-13(1)21-14;2*1-2-3(4)5;/h1-12,21-22H;2*2H2,1H3,(H,4,5);. The fourth-order valence-electron chi connectivity index (χ4n) is 2.94. The zero-order valence-corrected chi connectivity index (χ0v) is 20.4. The summed E-state index contributed by atoms with van der Waals surface area (Å²) >= 11 is 0. The van der Waals surface area contributed by atoms with Crippen LogP contribution in [-0.2, 0) is 26.7 Å². The fourth-order valence-corrected chi connectivity index (χ4v) is 2.94. The molecule has 8 nitrogen and oxygen atoms in total. The first-order valence-electron chi connectivity index (χ1n) is 10.8.